The summed E-state index contributed by atoms with van der Waals surface area (Å²) in [7, 11) is 0. The standard InChI is InChI=1S/C14H19N/c1-10(2)13-11-7-5-6-8-12(11)14(3,4)9-15-13/h5-8,10H,9H2,1-4H3. The first kappa shape index (κ1) is 10.4. The SMILES string of the molecule is CC(C)C1=NCC(C)(C)c2ccccc21. The first-order chi connectivity index (χ1) is 7.02. The van der Waals surface area contributed by atoms with E-state index in [2.05, 4.69) is 52.0 Å². The van der Waals surface area contributed by atoms with Crippen molar-refractivity contribution in [2.24, 2.45) is 10.9 Å². The van der Waals surface area contributed by atoms with Gasteiger partial charge in [0.1, 0.15) is 0 Å². The summed E-state index contributed by atoms with van der Waals surface area (Å²) in [6.45, 7) is 9.89. The molecule has 0 spiro atoms. The van der Waals surface area contributed by atoms with Gasteiger partial charge in [0.2, 0.25) is 0 Å². The summed E-state index contributed by atoms with van der Waals surface area (Å²) in [6.07, 6.45) is 0. The average Bonchev–Trinajstić information content (AvgIpc) is 2.17. The van der Waals surface area contributed by atoms with E-state index in [1.165, 1.54) is 16.8 Å². The average molecular weight is 201 g/mol. The molecule has 1 aliphatic heterocycles. The molecular formula is C14H19N. The van der Waals surface area contributed by atoms with Crippen molar-refractivity contribution >= 4 is 5.71 Å². The third kappa shape index (κ3) is 1.71. The molecule has 0 aliphatic carbocycles. The molecule has 80 valence electrons. The number of aliphatic imine (C=N–C) groups is 1. The maximum absolute atomic E-state index is 4.74. The molecule has 1 heteroatoms. The van der Waals surface area contributed by atoms with Crippen LogP contribution in [-0.2, 0) is 5.41 Å². The predicted molar refractivity (Wildman–Crippen MR) is 65.7 cm³/mol. The fourth-order valence-electron chi connectivity index (χ4n) is 2.24. The van der Waals surface area contributed by atoms with Crippen LogP contribution in [0.3, 0.4) is 0 Å². The quantitative estimate of drug-likeness (QED) is 0.660. The van der Waals surface area contributed by atoms with Gasteiger partial charge in [0.25, 0.3) is 0 Å². The van der Waals surface area contributed by atoms with E-state index in [4.69, 9.17) is 4.99 Å². The van der Waals surface area contributed by atoms with E-state index in [0.29, 0.717) is 5.92 Å². The van der Waals surface area contributed by atoms with Crippen LogP contribution in [0.15, 0.2) is 29.3 Å². The number of benzene rings is 1. The van der Waals surface area contributed by atoms with Gasteiger partial charge in [-0.05, 0) is 17.0 Å². The molecule has 1 aliphatic rings. The topological polar surface area (TPSA) is 12.4 Å². The third-order valence-electron chi connectivity index (χ3n) is 3.12. The molecule has 0 radical (unpaired) electrons. The van der Waals surface area contributed by atoms with Gasteiger partial charge in [0.15, 0.2) is 0 Å². The van der Waals surface area contributed by atoms with E-state index in [0.717, 1.165) is 6.54 Å². The first-order valence-electron chi connectivity index (χ1n) is 5.66. The lowest BCUT2D eigenvalue weighted by atomic mass is 9.77. The Bertz CT molecular complexity index is 400. The second-order valence-corrected chi connectivity index (χ2v) is 5.29. The van der Waals surface area contributed by atoms with Crippen molar-refractivity contribution in [1.82, 2.24) is 0 Å². The van der Waals surface area contributed by atoms with Crippen molar-refractivity contribution in [3.8, 4) is 0 Å². The zero-order valence-electron chi connectivity index (χ0n) is 10.0. The molecule has 1 aromatic rings. The summed E-state index contributed by atoms with van der Waals surface area (Å²) in [5.74, 6) is 0.516. The Balaban J connectivity index is 2.58. The molecule has 0 bridgehead atoms. The minimum Gasteiger partial charge on any atom is -0.288 e. The summed E-state index contributed by atoms with van der Waals surface area (Å²) in [4.78, 5) is 4.74. The molecule has 0 fully saturated rings. The molecule has 0 saturated heterocycles. The van der Waals surface area contributed by atoms with E-state index < -0.39 is 0 Å². The molecule has 0 aromatic heterocycles. The largest absolute Gasteiger partial charge is 0.288 e. The number of hydrogen-bond donors (Lipinski definition) is 0. The highest BCUT2D eigenvalue weighted by molar-refractivity contribution is 6.04. The van der Waals surface area contributed by atoms with E-state index in [1.54, 1.807) is 0 Å². The second-order valence-electron chi connectivity index (χ2n) is 5.29. The van der Waals surface area contributed by atoms with Crippen LogP contribution in [0.4, 0.5) is 0 Å². The van der Waals surface area contributed by atoms with Gasteiger partial charge >= 0.3 is 0 Å². The monoisotopic (exact) mass is 201 g/mol. The molecule has 1 heterocycles. The summed E-state index contributed by atoms with van der Waals surface area (Å²) in [5, 5.41) is 0. The third-order valence-corrected chi connectivity index (χ3v) is 3.12. The molecular weight excluding hydrogens is 182 g/mol. The highest BCUT2D eigenvalue weighted by Gasteiger charge is 2.29. The Hall–Kier alpha value is -1.11. The Morgan fingerprint density at radius 3 is 2.53 bits per heavy atom. The number of rotatable bonds is 1. The zero-order valence-corrected chi connectivity index (χ0v) is 10.0. The number of fused-ring (bicyclic) bond motifs is 1. The van der Waals surface area contributed by atoms with Crippen LogP contribution < -0.4 is 0 Å². The minimum absolute atomic E-state index is 0.189. The maximum atomic E-state index is 4.74. The van der Waals surface area contributed by atoms with E-state index >= 15 is 0 Å². The highest BCUT2D eigenvalue weighted by Crippen LogP contribution is 2.32. The Morgan fingerprint density at radius 2 is 1.87 bits per heavy atom. The van der Waals surface area contributed by atoms with Crippen LogP contribution in [0.1, 0.15) is 38.8 Å². The zero-order chi connectivity index (χ0) is 11.1. The van der Waals surface area contributed by atoms with Crippen LogP contribution >= 0.6 is 0 Å². The molecule has 0 unspecified atom stereocenters. The van der Waals surface area contributed by atoms with Gasteiger partial charge in [-0.15, -0.1) is 0 Å². The van der Waals surface area contributed by atoms with Gasteiger partial charge in [-0.2, -0.15) is 0 Å². The molecule has 0 saturated carbocycles. The van der Waals surface area contributed by atoms with Crippen molar-refractivity contribution in [2.45, 2.75) is 33.1 Å². The predicted octanol–water partition coefficient (Wildman–Crippen LogP) is 3.42. The van der Waals surface area contributed by atoms with Crippen molar-refractivity contribution in [3.63, 3.8) is 0 Å². The van der Waals surface area contributed by atoms with Crippen molar-refractivity contribution in [2.75, 3.05) is 6.54 Å². The lowest BCUT2D eigenvalue weighted by Crippen LogP contribution is -2.31. The molecule has 0 amide bonds. The molecule has 1 aromatic carbocycles. The molecule has 0 atom stereocenters. The molecule has 0 N–H and O–H groups in total. The minimum atomic E-state index is 0.189. The fourth-order valence-corrected chi connectivity index (χ4v) is 2.24. The second kappa shape index (κ2) is 3.48. The Morgan fingerprint density at radius 1 is 1.20 bits per heavy atom. The van der Waals surface area contributed by atoms with Crippen LogP contribution in [0, 0.1) is 5.92 Å². The van der Waals surface area contributed by atoms with E-state index in [1.807, 2.05) is 0 Å². The molecule has 1 nitrogen and oxygen atoms in total. The maximum Gasteiger partial charge on any atom is 0.0484 e. The Labute approximate surface area is 92.2 Å². The fraction of sp³-hybridized carbons (Fsp3) is 0.500. The smallest absolute Gasteiger partial charge is 0.0484 e. The van der Waals surface area contributed by atoms with Gasteiger partial charge in [-0.3, -0.25) is 4.99 Å². The highest BCUT2D eigenvalue weighted by atomic mass is 14.8. The van der Waals surface area contributed by atoms with Crippen molar-refractivity contribution in [1.29, 1.82) is 0 Å². The van der Waals surface area contributed by atoms with Crippen LogP contribution in [-0.4, -0.2) is 12.3 Å². The van der Waals surface area contributed by atoms with Crippen molar-refractivity contribution in [3.05, 3.63) is 35.4 Å². The van der Waals surface area contributed by atoms with Gasteiger partial charge in [0, 0.05) is 17.7 Å². The summed E-state index contributed by atoms with van der Waals surface area (Å²) < 4.78 is 0. The lowest BCUT2D eigenvalue weighted by molar-refractivity contribution is 0.528. The lowest BCUT2D eigenvalue weighted by Gasteiger charge is -2.32. The van der Waals surface area contributed by atoms with Crippen LogP contribution in [0.5, 0.6) is 0 Å². The summed E-state index contributed by atoms with van der Waals surface area (Å²) >= 11 is 0. The summed E-state index contributed by atoms with van der Waals surface area (Å²) in [6, 6.07) is 8.68. The van der Waals surface area contributed by atoms with Gasteiger partial charge in [-0.1, -0.05) is 52.0 Å². The van der Waals surface area contributed by atoms with E-state index in [9.17, 15) is 0 Å². The van der Waals surface area contributed by atoms with Gasteiger partial charge < -0.3 is 0 Å². The number of nitrogens with zero attached hydrogens (tertiary/aromatic N) is 1. The normalized spacial score (nSPS) is 18.6. The van der Waals surface area contributed by atoms with Crippen LogP contribution in [0.2, 0.25) is 0 Å². The van der Waals surface area contributed by atoms with E-state index in [-0.39, 0.29) is 5.41 Å². The molecule has 15 heavy (non-hydrogen) atoms. The summed E-state index contributed by atoms with van der Waals surface area (Å²) in [5.41, 5.74) is 4.26. The van der Waals surface area contributed by atoms with Crippen LogP contribution in [0.25, 0.3) is 0 Å². The van der Waals surface area contributed by atoms with Gasteiger partial charge in [0.05, 0.1) is 0 Å². The van der Waals surface area contributed by atoms with Crippen molar-refractivity contribution < 1.29 is 0 Å². The molecule has 2 rings (SSSR count). The Kier molecular flexibility index (Phi) is 2.41. The van der Waals surface area contributed by atoms with Gasteiger partial charge in [-0.25, -0.2) is 0 Å². The first-order valence-corrected chi connectivity index (χ1v) is 5.66. The number of hydrogen-bond acceptors (Lipinski definition) is 1.